The second-order valence-electron chi connectivity index (χ2n) is 4.01. The Morgan fingerprint density at radius 2 is 2.31 bits per heavy atom. The maximum absolute atomic E-state index is 11.5. The van der Waals surface area contributed by atoms with Gasteiger partial charge in [-0.05, 0) is 43.2 Å². The van der Waals surface area contributed by atoms with Gasteiger partial charge in [-0.15, -0.1) is 11.8 Å². The van der Waals surface area contributed by atoms with Crippen molar-refractivity contribution < 1.29 is 4.79 Å². The van der Waals surface area contributed by atoms with Crippen LogP contribution in [-0.2, 0) is 0 Å². The topological polar surface area (TPSA) is 41.1 Å². The molecule has 2 rings (SSSR count). The molecule has 86 valence electrons. The Morgan fingerprint density at radius 1 is 1.50 bits per heavy atom. The van der Waals surface area contributed by atoms with Gasteiger partial charge in [0.15, 0.2) is 0 Å². The number of hydrogen-bond acceptors (Lipinski definition) is 2. The molecule has 0 atom stereocenters. The van der Waals surface area contributed by atoms with E-state index in [2.05, 4.69) is 10.6 Å². The van der Waals surface area contributed by atoms with Crippen molar-refractivity contribution in [1.29, 1.82) is 0 Å². The molecule has 0 aliphatic heterocycles. The highest BCUT2D eigenvalue weighted by molar-refractivity contribution is 7.98. The number of carbonyl (C=O) groups is 1. The average molecular weight is 236 g/mol. The standard InChI is InChI=1S/C12H16N2OS/c1-16-11-4-2-3-10(7-11)14-12(15)13-8-9-5-6-9/h2-4,7,9H,5-6,8H2,1H3,(H2,13,14,15). The normalized spacial score (nSPS) is 14.6. The third-order valence-electron chi connectivity index (χ3n) is 2.58. The van der Waals surface area contributed by atoms with Crippen LogP contribution in [0.3, 0.4) is 0 Å². The smallest absolute Gasteiger partial charge is 0.319 e. The molecular formula is C12H16N2OS. The lowest BCUT2D eigenvalue weighted by Gasteiger charge is -2.07. The third kappa shape index (κ3) is 3.45. The fourth-order valence-electron chi connectivity index (χ4n) is 1.44. The quantitative estimate of drug-likeness (QED) is 0.789. The Bertz CT molecular complexity index is 377. The predicted molar refractivity (Wildman–Crippen MR) is 68.0 cm³/mol. The molecule has 4 heteroatoms. The zero-order valence-electron chi connectivity index (χ0n) is 9.32. The molecular weight excluding hydrogens is 220 g/mol. The van der Waals surface area contributed by atoms with Crippen LogP contribution < -0.4 is 10.6 Å². The van der Waals surface area contributed by atoms with Gasteiger partial charge in [-0.25, -0.2) is 4.79 Å². The fourth-order valence-corrected chi connectivity index (χ4v) is 1.89. The Hall–Kier alpha value is -1.16. The molecule has 0 radical (unpaired) electrons. The number of anilines is 1. The van der Waals surface area contributed by atoms with Gasteiger partial charge in [0.2, 0.25) is 0 Å². The number of carbonyl (C=O) groups excluding carboxylic acids is 1. The van der Waals surface area contributed by atoms with E-state index in [1.54, 1.807) is 11.8 Å². The van der Waals surface area contributed by atoms with E-state index >= 15 is 0 Å². The summed E-state index contributed by atoms with van der Waals surface area (Å²) >= 11 is 1.67. The van der Waals surface area contributed by atoms with Crippen LogP contribution in [-0.4, -0.2) is 18.8 Å². The van der Waals surface area contributed by atoms with Gasteiger partial charge >= 0.3 is 6.03 Å². The SMILES string of the molecule is CSc1cccc(NC(=O)NCC2CC2)c1. The molecule has 0 spiro atoms. The van der Waals surface area contributed by atoms with Crippen LogP contribution >= 0.6 is 11.8 Å². The maximum Gasteiger partial charge on any atom is 0.319 e. The number of rotatable bonds is 4. The molecule has 1 aromatic carbocycles. The lowest BCUT2D eigenvalue weighted by molar-refractivity contribution is 0.251. The van der Waals surface area contributed by atoms with E-state index in [9.17, 15) is 4.79 Å². The minimum atomic E-state index is -0.106. The first-order chi connectivity index (χ1) is 7.78. The van der Waals surface area contributed by atoms with Crippen molar-refractivity contribution >= 4 is 23.5 Å². The van der Waals surface area contributed by atoms with Crippen LogP contribution in [0.15, 0.2) is 29.2 Å². The summed E-state index contributed by atoms with van der Waals surface area (Å²) in [5.74, 6) is 0.711. The zero-order chi connectivity index (χ0) is 11.4. The van der Waals surface area contributed by atoms with Crippen LogP contribution in [0.5, 0.6) is 0 Å². The minimum absolute atomic E-state index is 0.106. The Kier molecular flexibility index (Phi) is 3.72. The number of hydrogen-bond donors (Lipinski definition) is 2. The Morgan fingerprint density at radius 3 is 3.00 bits per heavy atom. The lowest BCUT2D eigenvalue weighted by atomic mass is 10.3. The Labute approximate surface area is 100.0 Å². The van der Waals surface area contributed by atoms with Gasteiger partial charge in [0.1, 0.15) is 0 Å². The Balaban J connectivity index is 1.83. The van der Waals surface area contributed by atoms with Crippen molar-refractivity contribution in [3.8, 4) is 0 Å². The van der Waals surface area contributed by atoms with Crippen LogP contribution in [0.25, 0.3) is 0 Å². The molecule has 0 heterocycles. The van der Waals surface area contributed by atoms with E-state index in [-0.39, 0.29) is 6.03 Å². The highest BCUT2D eigenvalue weighted by atomic mass is 32.2. The molecule has 2 N–H and O–H groups in total. The van der Waals surface area contributed by atoms with Crippen LogP contribution in [0.2, 0.25) is 0 Å². The molecule has 1 fully saturated rings. The summed E-state index contributed by atoms with van der Waals surface area (Å²) in [4.78, 5) is 12.7. The van der Waals surface area contributed by atoms with Gasteiger partial charge in [-0.2, -0.15) is 0 Å². The minimum Gasteiger partial charge on any atom is -0.338 e. The zero-order valence-corrected chi connectivity index (χ0v) is 10.1. The first-order valence-corrected chi connectivity index (χ1v) is 6.69. The van der Waals surface area contributed by atoms with E-state index in [4.69, 9.17) is 0 Å². The van der Waals surface area contributed by atoms with Gasteiger partial charge in [0.25, 0.3) is 0 Å². The summed E-state index contributed by atoms with van der Waals surface area (Å²) in [6.45, 7) is 0.800. The van der Waals surface area contributed by atoms with Gasteiger partial charge in [0.05, 0.1) is 0 Å². The molecule has 1 saturated carbocycles. The molecule has 0 unspecified atom stereocenters. The van der Waals surface area contributed by atoms with Crippen molar-refractivity contribution in [2.75, 3.05) is 18.1 Å². The lowest BCUT2D eigenvalue weighted by Crippen LogP contribution is -2.30. The summed E-state index contributed by atoms with van der Waals surface area (Å²) in [7, 11) is 0. The molecule has 16 heavy (non-hydrogen) atoms. The molecule has 0 bridgehead atoms. The van der Waals surface area contributed by atoms with E-state index in [0.717, 1.165) is 17.1 Å². The van der Waals surface area contributed by atoms with Crippen LogP contribution in [0.1, 0.15) is 12.8 Å². The first-order valence-electron chi connectivity index (χ1n) is 5.47. The van der Waals surface area contributed by atoms with Crippen molar-refractivity contribution in [3.63, 3.8) is 0 Å². The van der Waals surface area contributed by atoms with Crippen LogP contribution in [0, 0.1) is 5.92 Å². The summed E-state index contributed by atoms with van der Waals surface area (Å²) in [5.41, 5.74) is 0.847. The molecule has 0 aromatic heterocycles. The van der Waals surface area contributed by atoms with Crippen molar-refractivity contribution in [2.45, 2.75) is 17.7 Å². The molecule has 1 aliphatic carbocycles. The number of benzene rings is 1. The largest absolute Gasteiger partial charge is 0.338 e. The van der Waals surface area contributed by atoms with Crippen molar-refractivity contribution in [3.05, 3.63) is 24.3 Å². The molecule has 1 aliphatic rings. The van der Waals surface area contributed by atoms with E-state index in [1.165, 1.54) is 12.8 Å². The van der Waals surface area contributed by atoms with Crippen LogP contribution in [0.4, 0.5) is 10.5 Å². The first kappa shape index (κ1) is 11.3. The summed E-state index contributed by atoms with van der Waals surface area (Å²) < 4.78 is 0. The van der Waals surface area contributed by atoms with Crippen molar-refractivity contribution in [2.24, 2.45) is 5.92 Å². The average Bonchev–Trinajstić information content (AvgIpc) is 3.10. The van der Waals surface area contributed by atoms with Gasteiger partial charge in [-0.1, -0.05) is 6.07 Å². The second kappa shape index (κ2) is 5.25. The molecule has 2 amide bonds. The summed E-state index contributed by atoms with van der Waals surface area (Å²) in [6.07, 6.45) is 4.52. The molecule has 0 saturated heterocycles. The van der Waals surface area contributed by atoms with E-state index in [1.807, 2.05) is 30.5 Å². The van der Waals surface area contributed by atoms with E-state index in [0.29, 0.717) is 5.92 Å². The van der Waals surface area contributed by atoms with Gasteiger partial charge < -0.3 is 10.6 Å². The molecule has 1 aromatic rings. The summed E-state index contributed by atoms with van der Waals surface area (Å²) in [6, 6.07) is 7.74. The monoisotopic (exact) mass is 236 g/mol. The predicted octanol–water partition coefficient (Wildman–Crippen LogP) is 2.94. The fraction of sp³-hybridized carbons (Fsp3) is 0.417. The molecule has 3 nitrogen and oxygen atoms in total. The van der Waals surface area contributed by atoms with Crippen molar-refractivity contribution in [1.82, 2.24) is 5.32 Å². The highest BCUT2D eigenvalue weighted by Gasteiger charge is 2.21. The number of urea groups is 1. The van der Waals surface area contributed by atoms with Gasteiger partial charge in [0, 0.05) is 17.1 Å². The maximum atomic E-state index is 11.5. The van der Waals surface area contributed by atoms with Gasteiger partial charge in [-0.3, -0.25) is 0 Å². The number of amides is 2. The third-order valence-corrected chi connectivity index (χ3v) is 3.30. The number of thioether (sulfide) groups is 1. The second-order valence-corrected chi connectivity index (χ2v) is 4.89. The highest BCUT2D eigenvalue weighted by Crippen LogP contribution is 2.27. The summed E-state index contributed by atoms with van der Waals surface area (Å²) in [5, 5.41) is 5.71. The van der Waals surface area contributed by atoms with E-state index < -0.39 is 0 Å². The number of nitrogens with one attached hydrogen (secondary N) is 2.